The van der Waals surface area contributed by atoms with E-state index in [2.05, 4.69) is 39.6 Å². The van der Waals surface area contributed by atoms with Crippen molar-refractivity contribution in [2.24, 2.45) is 0 Å². The molecule has 0 bridgehead atoms. The summed E-state index contributed by atoms with van der Waals surface area (Å²) in [6.07, 6.45) is 11.3. The predicted octanol–water partition coefficient (Wildman–Crippen LogP) is 10.3. The van der Waals surface area contributed by atoms with Crippen molar-refractivity contribution in [3.63, 3.8) is 0 Å². The molecule has 10 aromatic rings. The van der Waals surface area contributed by atoms with Crippen LogP contribution in [0.2, 0.25) is 0 Å². The molecule has 16 heteroatoms. The number of hydrogen-bond acceptors (Lipinski definition) is 12. The minimum Gasteiger partial charge on any atom is -0.619 e. The molecule has 0 amide bonds. The standard InChI is InChI=1S/C23H15FN4O.C22H13FN4O.C3H5ClO2.CH4O/c1-29-23-16-9-11-25-21(14(16)8-12-27-23)18-13-20(17-5-2-3-7-19(17)24)28-22-15(18)6-4-10-26-22;23-19-6-2-1-4-17(19)20-12-18(16-5-3-9-25-22(16)26-20)21-15-8-11-27(28)13-14(15)7-10-24-21;1-2-6-3(4)5;1-2/h2-13H,1H3;1-13H;2H2,1H3;2H,1H3. The highest BCUT2D eigenvalue weighted by atomic mass is 35.5. The van der Waals surface area contributed by atoms with Gasteiger partial charge in [0, 0.05) is 105 Å². The lowest BCUT2D eigenvalue weighted by molar-refractivity contribution is -0.603. The van der Waals surface area contributed by atoms with Gasteiger partial charge in [0.2, 0.25) is 5.88 Å². The van der Waals surface area contributed by atoms with Gasteiger partial charge in [-0.15, -0.1) is 0 Å². The van der Waals surface area contributed by atoms with Gasteiger partial charge in [-0.1, -0.05) is 24.3 Å². The summed E-state index contributed by atoms with van der Waals surface area (Å²) in [5.41, 5.74) is 5.13. The number of nitrogens with zero attached hydrogens (tertiary/aromatic N) is 8. The molecule has 0 aliphatic heterocycles. The Labute approximate surface area is 375 Å². The average molecular weight is 891 g/mol. The maximum absolute atomic E-state index is 14.5. The molecule has 1 N–H and O–H groups in total. The number of halogens is 3. The van der Waals surface area contributed by atoms with Gasteiger partial charge < -0.3 is 19.8 Å². The van der Waals surface area contributed by atoms with Crippen LogP contribution in [0.3, 0.4) is 0 Å². The Bertz CT molecular complexity index is 3310. The fourth-order valence-corrected chi connectivity index (χ4v) is 7.12. The highest BCUT2D eigenvalue weighted by Crippen LogP contribution is 2.37. The van der Waals surface area contributed by atoms with Crippen LogP contribution in [0.1, 0.15) is 6.92 Å². The summed E-state index contributed by atoms with van der Waals surface area (Å²) in [5, 5.41) is 23.6. The molecule has 13 nitrogen and oxygen atoms in total. The third kappa shape index (κ3) is 9.91. The van der Waals surface area contributed by atoms with Crippen molar-refractivity contribution >= 4 is 60.6 Å². The van der Waals surface area contributed by atoms with Gasteiger partial charge in [-0.25, -0.2) is 38.5 Å². The summed E-state index contributed by atoms with van der Waals surface area (Å²) in [7, 11) is 2.59. The first-order valence-corrected chi connectivity index (χ1v) is 20.2. The minimum absolute atomic E-state index is 0.335. The van der Waals surface area contributed by atoms with Crippen molar-refractivity contribution in [2.45, 2.75) is 6.92 Å². The lowest BCUT2D eigenvalue weighted by Gasteiger charge is -2.12. The Balaban J connectivity index is 0.000000167. The molecule has 8 heterocycles. The van der Waals surface area contributed by atoms with Crippen LogP contribution >= 0.6 is 11.6 Å². The van der Waals surface area contributed by atoms with Gasteiger partial charge in [0.1, 0.15) is 11.6 Å². The van der Waals surface area contributed by atoms with Gasteiger partial charge in [0.15, 0.2) is 23.7 Å². The number of fused-ring (bicyclic) bond motifs is 4. The number of aromatic nitrogens is 8. The van der Waals surface area contributed by atoms with Crippen LogP contribution in [-0.2, 0) is 4.74 Å². The van der Waals surface area contributed by atoms with Gasteiger partial charge in [0.05, 0.1) is 41.9 Å². The lowest BCUT2D eigenvalue weighted by atomic mass is 10.00. The number of carbonyl (C=O) groups is 1. The van der Waals surface area contributed by atoms with E-state index in [1.54, 1.807) is 93.5 Å². The Hall–Kier alpha value is -8.14. The molecule has 10 rings (SSSR count). The molecule has 0 radical (unpaired) electrons. The Morgan fingerprint density at radius 2 is 1.15 bits per heavy atom. The highest BCUT2D eigenvalue weighted by Gasteiger charge is 2.18. The molecule has 0 saturated carbocycles. The van der Waals surface area contributed by atoms with E-state index in [0.29, 0.717) is 52.0 Å². The molecule has 324 valence electrons. The van der Waals surface area contributed by atoms with E-state index >= 15 is 0 Å². The second-order valence-corrected chi connectivity index (χ2v) is 13.8. The second kappa shape index (κ2) is 20.8. The number of carbonyl (C=O) groups excluding carboxylic acids is 1. The Kier molecular flexibility index (Phi) is 14.4. The zero-order valence-corrected chi connectivity index (χ0v) is 35.7. The topological polar surface area (TPSA) is 173 Å². The molecule has 65 heavy (non-hydrogen) atoms. The molecule has 0 fully saturated rings. The molecule has 0 atom stereocenters. The van der Waals surface area contributed by atoms with Crippen LogP contribution in [0.25, 0.3) is 88.6 Å². The quantitative estimate of drug-likeness (QED) is 0.0952. The first-order chi connectivity index (χ1) is 31.7. The minimum atomic E-state index is -0.738. The average Bonchev–Trinajstić information content (AvgIpc) is 3.34. The van der Waals surface area contributed by atoms with E-state index in [-0.39, 0.29) is 11.6 Å². The summed E-state index contributed by atoms with van der Waals surface area (Å²) in [4.78, 5) is 40.9. The first-order valence-electron chi connectivity index (χ1n) is 19.8. The number of aliphatic hydroxyl groups excluding tert-OH is 1. The zero-order chi connectivity index (χ0) is 45.9. The molecule has 0 aliphatic carbocycles. The monoisotopic (exact) mass is 890 g/mol. The normalized spacial score (nSPS) is 10.6. The van der Waals surface area contributed by atoms with Crippen molar-refractivity contribution in [2.75, 3.05) is 20.8 Å². The van der Waals surface area contributed by atoms with Crippen LogP contribution in [0, 0.1) is 16.8 Å². The van der Waals surface area contributed by atoms with Crippen LogP contribution in [0.15, 0.2) is 153 Å². The molecule has 0 aliphatic rings. The smallest absolute Gasteiger partial charge is 0.403 e. The van der Waals surface area contributed by atoms with E-state index in [4.69, 9.17) is 21.4 Å². The van der Waals surface area contributed by atoms with E-state index in [1.165, 1.54) is 24.5 Å². The summed E-state index contributed by atoms with van der Waals surface area (Å²) < 4.78 is 39.2. The van der Waals surface area contributed by atoms with Crippen LogP contribution < -0.4 is 9.47 Å². The molecule has 0 saturated heterocycles. The number of benzene rings is 2. The molecule has 0 unspecified atom stereocenters. The molecule has 2 aromatic carbocycles. The Morgan fingerprint density at radius 1 is 0.631 bits per heavy atom. The number of ether oxygens (including phenoxy) is 2. The van der Waals surface area contributed by atoms with Gasteiger partial charge in [-0.3, -0.25) is 9.97 Å². The van der Waals surface area contributed by atoms with Gasteiger partial charge in [0.25, 0.3) is 0 Å². The fraction of sp³-hybridized carbons (Fsp3) is 0.0816. The van der Waals surface area contributed by atoms with Crippen LogP contribution in [0.5, 0.6) is 5.88 Å². The largest absolute Gasteiger partial charge is 0.619 e. The van der Waals surface area contributed by atoms with E-state index < -0.39 is 5.43 Å². The number of methoxy groups -OCH3 is 1. The van der Waals surface area contributed by atoms with Crippen LogP contribution in [0.4, 0.5) is 13.6 Å². The summed E-state index contributed by atoms with van der Waals surface area (Å²) >= 11 is 4.72. The zero-order valence-electron chi connectivity index (χ0n) is 34.9. The van der Waals surface area contributed by atoms with Crippen molar-refractivity contribution in [1.82, 2.24) is 34.9 Å². The third-order valence-electron chi connectivity index (χ3n) is 9.76. The van der Waals surface area contributed by atoms with Crippen LogP contribution in [-0.4, -0.2) is 66.2 Å². The lowest BCUT2D eigenvalue weighted by Crippen LogP contribution is -2.23. The maximum Gasteiger partial charge on any atom is 0.403 e. The fourth-order valence-electron chi connectivity index (χ4n) is 7.01. The van der Waals surface area contributed by atoms with E-state index in [9.17, 15) is 18.8 Å². The first kappa shape index (κ1) is 44.9. The molecule has 8 aromatic heterocycles. The highest BCUT2D eigenvalue weighted by molar-refractivity contribution is 6.61. The number of rotatable bonds is 6. The van der Waals surface area contributed by atoms with Crippen molar-refractivity contribution in [3.8, 4) is 50.9 Å². The summed E-state index contributed by atoms with van der Waals surface area (Å²) in [5.74, 6) is -0.163. The Morgan fingerprint density at radius 3 is 1.68 bits per heavy atom. The van der Waals surface area contributed by atoms with E-state index in [0.717, 1.165) is 61.0 Å². The molecular weight excluding hydrogens is 854 g/mol. The third-order valence-corrected chi connectivity index (χ3v) is 9.87. The number of pyridine rings is 8. The van der Waals surface area contributed by atoms with Gasteiger partial charge in [-0.05, 0) is 85.8 Å². The second-order valence-electron chi connectivity index (χ2n) is 13.5. The van der Waals surface area contributed by atoms with Crippen molar-refractivity contribution < 1.29 is 32.9 Å². The maximum atomic E-state index is 14.5. The predicted molar refractivity (Wildman–Crippen MR) is 246 cm³/mol. The van der Waals surface area contributed by atoms with Crippen molar-refractivity contribution in [3.05, 3.63) is 169 Å². The summed E-state index contributed by atoms with van der Waals surface area (Å²) in [6, 6.07) is 31.6. The number of aliphatic hydroxyl groups is 1. The SMILES string of the molecule is CCOC(=O)Cl.CO.COc1nccc2c(-c3cc(-c4ccccc4F)nc4ncccc34)nccc12.[O-][n+]1ccc2c(-c3cc(-c4ccccc4F)nc4ncccc34)nccc2c1. The molecular formula is C49H37ClF2N8O5. The van der Waals surface area contributed by atoms with E-state index in [1.807, 2.05) is 48.5 Å². The van der Waals surface area contributed by atoms with Gasteiger partial charge >= 0.3 is 5.43 Å². The van der Waals surface area contributed by atoms with Gasteiger partial charge in [-0.2, -0.15) is 4.73 Å². The molecule has 0 spiro atoms. The summed E-state index contributed by atoms with van der Waals surface area (Å²) in [6.45, 7) is 2.04. The number of hydrogen-bond donors (Lipinski definition) is 1. The van der Waals surface area contributed by atoms with Crippen molar-refractivity contribution in [1.29, 1.82) is 0 Å².